The molecule has 7 nitrogen and oxygen atoms in total. The molecule has 0 saturated carbocycles. The zero-order valence-corrected chi connectivity index (χ0v) is 16.5. The lowest BCUT2D eigenvalue weighted by atomic mass is 9.98. The molecule has 2 aromatic heterocycles. The summed E-state index contributed by atoms with van der Waals surface area (Å²) in [4.78, 5) is 7.04. The Morgan fingerprint density at radius 2 is 2.03 bits per heavy atom. The molecule has 3 aliphatic heterocycles. The van der Waals surface area contributed by atoms with Gasteiger partial charge in [0.1, 0.15) is 0 Å². The van der Waals surface area contributed by atoms with Crippen LogP contribution in [0.3, 0.4) is 0 Å². The molecule has 2 unspecified atom stereocenters. The van der Waals surface area contributed by atoms with Crippen LogP contribution in [0.4, 0.5) is 11.5 Å². The van der Waals surface area contributed by atoms with Crippen LogP contribution < -0.4 is 10.2 Å². The van der Waals surface area contributed by atoms with E-state index in [0.717, 1.165) is 47.4 Å². The number of nitrogens with one attached hydrogen (secondary N) is 1. The number of nitrogens with zero attached hydrogens (tertiary/aromatic N) is 5. The van der Waals surface area contributed by atoms with E-state index in [2.05, 4.69) is 39.5 Å². The number of nitriles is 1. The van der Waals surface area contributed by atoms with Crippen molar-refractivity contribution in [2.45, 2.75) is 38.5 Å². The van der Waals surface area contributed by atoms with Crippen LogP contribution in [0.25, 0.3) is 10.9 Å². The molecule has 146 valence electrons. The van der Waals surface area contributed by atoms with E-state index in [1.807, 2.05) is 31.3 Å². The van der Waals surface area contributed by atoms with Crippen molar-refractivity contribution in [1.29, 1.82) is 5.26 Å². The largest absolute Gasteiger partial charge is 0.371 e. The highest BCUT2D eigenvalue weighted by molar-refractivity contribution is 5.92. The molecule has 3 aromatic rings. The number of piperidine rings is 1. The number of pyridine rings is 1. The van der Waals surface area contributed by atoms with E-state index in [1.54, 1.807) is 6.07 Å². The fourth-order valence-corrected chi connectivity index (χ4v) is 4.16. The summed E-state index contributed by atoms with van der Waals surface area (Å²) in [5, 5.41) is 22.3. The Hall–Kier alpha value is -3.24. The van der Waals surface area contributed by atoms with Gasteiger partial charge in [0.05, 0.1) is 53.0 Å². The standard InChI is InChI=1S/C22H22N6O/c1-13(16-5-3-4-15(6-16)9-23)25-22-20-7-17(10-24-21(20)14(2)26-27-22)28-11-18-8-19(12-28)29-18/h3-7,10,13,18-19H,8,11-12H2,1-2H3,(H,25,27)/t13-,18?,19?/m1/s1. The van der Waals surface area contributed by atoms with Crippen molar-refractivity contribution < 1.29 is 4.74 Å². The number of fused-ring (bicyclic) bond motifs is 3. The van der Waals surface area contributed by atoms with E-state index < -0.39 is 0 Å². The Morgan fingerprint density at radius 3 is 2.79 bits per heavy atom. The number of morpholine rings is 1. The van der Waals surface area contributed by atoms with Gasteiger partial charge in [-0.2, -0.15) is 10.4 Å². The summed E-state index contributed by atoms with van der Waals surface area (Å²) in [6.45, 7) is 5.79. The van der Waals surface area contributed by atoms with Gasteiger partial charge in [0.2, 0.25) is 0 Å². The zero-order valence-electron chi connectivity index (χ0n) is 16.5. The Bertz CT molecular complexity index is 1110. The van der Waals surface area contributed by atoms with Crippen LogP contribution in [0, 0.1) is 18.3 Å². The Balaban J connectivity index is 1.48. The molecular formula is C22H22N6O. The van der Waals surface area contributed by atoms with Crippen LogP contribution >= 0.6 is 0 Å². The molecule has 3 aliphatic rings. The molecule has 3 atom stereocenters. The fourth-order valence-electron chi connectivity index (χ4n) is 4.16. The zero-order chi connectivity index (χ0) is 20.0. The third-order valence-electron chi connectivity index (χ3n) is 5.76. The second kappa shape index (κ2) is 6.98. The van der Waals surface area contributed by atoms with Crippen LogP contribution in [-0.4, -0.2) is 40.5 Å². The van der Waals surface area contributed by atoms with Gasteiger partial charge in [-0.05, 0) is 37.6 Å². The number of hydrogen-bond acceptors (Lipinski definition) is 7. The highest BCUT2D eigenvalue weighted by Gasteiger charge is 2.38. The molecule has 0 amide bonds. The summed E-state index contributed by atoms with van der Waals surface area (Å²) in [5.74, 6) is 0.702. The summed E-state index contributed by atoms with van der Waals surface area (Å²) >= 11 is 0. The van der Waals surface area contributed by atoms with Gasteiger partial charge in [-0.3, -0.25) is 4.98 Å². The Labute approximate surface area is 169 Å². The first-order chi connectivity index (χ1) is 14.1. The number of ether oxygens (including phenoxy) is 1. The molecule has 3 fully saturated rings. The van der Waals surface area contributed by atoms with Crippen molar-refractivity contribution in [3.05, 3.63) is 53.3 Å². The predicted octanol–water partition coefficient (Wildman–Crippen LogP) is 3.36. The minimum absolute atomic E-state index is 0.0248. The highest BCUT2D eigenvalue weighted by atomic mass is 16.5. The van der Waals surface area contributed by atoms with Crippen LogP contribution in [0.2, 0.25) is 0 Å². The average Bonchev–Trinajstić information content (AvgIpc) is 2.75. The number of aromatic nitrogens is 3. The lowest BCUT2D eigenvalue weighted by Gasteiger charge is -2.47. The lowest BCUT2D eigenvalue weighted by molar-refractivity contribution is -0.133. The summed E-state index contributed by atoms with van der Waals surface area (Å²) in [6, 6.07) is 11.9. The molecule has 1 N–H and O–H groups in total. The van der Waals surface area contributed by atoms with Crippen molar-refractivity contribution in [2.24, 2.45) is 0 Å². The van der Waals surface area contributed by atoms with E-state index >= 15 is 0 Å². The maximum Gasteiger partial charge on any atom is 0.158 e. The first-order valence-corrected chi connectivity index (χ1v) is 9.91. The first kappa shape index (κ1) is 17.8. The van der Waals surface area contributed by atoms with Gasteiger partial charge in [-0.25, -0.2) is 0 Å². The molecule has 1 aromatic carbocycles. The number of anilines is 2. The Morgan fingerprint density at radius 1 is 1.24 bits per heavy atom. The molecular weight excluding hydrogens is 364 g/mol. The molecule has 0 radical (unpaired) electrons. The van der Waals surface area contributed by atoms with Crippen molar-refractivity contribution in [3.8, 4) is 6.07 Å². The van der Waals surface area contributed by atoms with Crippen molar-refractivity contribution in [1.82, 2.24) is 15.2 Å². The normalized spacial score (nSPS) is 21.3. The topological polar surface area (TPSA) is 87.0 Å². The second-order valence-corrected chi connectivity index (χ2v) is 7.85. The van der Waals surface area contributed by atoms with Crippen LogP contribution in [0.15, 0.2) is 36.5 Å². The van der Waals surface area contributed by atoms with Gasteiger partial charge in [-0.1, -0.05) is 12.1 Å². The van der Waals surface area contributed by atoms with E-state index in [-0.39, 0.29) is 6.04 Å². The van der Waals surface area contributed by atoms with Gasteiger partial charge in [0.15, 0.2) is 5.82 Å². The number of hydrogen-bond donors (Lipinski definition) is 1. The van der Waals surface area contributed by atoms with Gasteiger partial charge < -0.3 is 15.0 Å². The maximum absolute atomic E-state index is 9.17. The molecule has 7 heteroatoms. The Kier molecular flexibility index (Phi) is 4.29. The molecule has 29 heavy (non-hydrogen) atoms. The van der Waals surface area contributed by atoms with E-state index in [9.17, 15) is 0 Å². The predicted molar refractivity (Wildman–Crippen MR) is 111 cm³/mol. The average molecular weight is 386 g/mol. The van der Waals surface area contributed by atoms with E-state index in [4.69, 9.17) is 15.0 Å². The summed E-state index contributed by atoms with van der Waals surface area (Å²) < 4.78 is 5.76. The third-order valence-corrected chi connectivity index (χ3v) is 5.76. The smallest absolute Gasteiger partial charge is 0.158 e. The molecule has 2 bridgehead atoms. The summed E-state index contributed by atoms with van der Waals surface area (Å²) in [7, 11) is 0. The van der Waals surface area contributed by atoms with E-state index in [1.165, 1.54) is 0 Å². The van der Waals surface area contributed by atoms with Crippen LogP contribution in [0.5, 0.6) is 0 Å². The summed E-state index contributed by atoms with van der Waals surface area (Å²) in [6.07, 6.45) is 3.76. The minimum atomic E-state index is -0.0248. The molecule has 6 rings (SSSR count). The van der Waals surface area contributed by atoms with Crippen LogP contribution in [0.1, 0.15) is 36.2 Å². The second-order valence-electron chi connectivity index (χ2n) is 7.85. The van der Waals surface area contributed by atoms with Gasteiger partial charge in [-0.15, -0.1) is 5.10 Å². The first-order valence-electron chi connectivity index (χ1n) is 9.91. The monoisotopic (exact) mass is 386 g/mol. The minimum Gasteiger partial charge on any atom is -0.371 e. The molecule has 0 aliphatic carbocycles. The van der Waals surface area contributed by atoms with Gasteiger partial charge in [0.25, 0.3) is 0 Å². The van der Waals surface area contributed by atoms with Crippen molar-refractivity contribution in [2.75, 3.05) is 23.3 Å². The fraction of sp³-hybridized carbons (Fsp3) is 0.364. The quantitative estimate of drug-likeness (QED) is 0.736. The van der Waals surface area contributed by atoms with E-state index in [0.29, 0.717) is 23.6 Å². The van der Waals surface area contributed by atoms with Gasteiger partial charge >= 0.3 is 0 Å². The van der Waals surface area contributed by atoms with Gasteiger partial charge in [0, 0.05) is 24.9 Å². The summed E-state index contributed by atoms with van der Waals surface area (Å²) in [5.41, 5.74) is 4.41. The van der Waals surface area contributed by atoms with Crippen molar-refractivity contribution in [3.63, 3.8) is 0 Å². The molecule has 0 spiro atoms. The molecule has 5 heterocycles. The third kappa shape index (κ3) is 3.26. The molecule has 3 saturated heterocycles. The number of benzene rings is 1. The van der Waals surface area contributed by atoms with Crippen LogP contribution in [-0.2, 0) is 4.74 Å². The lowest BCUT2D eigenvalue weighted by Crippen LogP contribution is -2.57. The SMILES string of the molecule is Cc1nnc(N[C@H](C)c2cccc(C#N)c2)c2cc(N3CC4CC(C3)O4)cnc12. The number of rotatable bonds is 4. The number of aryl methyl sites for hydroxylation is 1. The maximum atomic E-state index is 9.17. The van der Waals surface area contributed by atoms with Crippen molar-refractivity contribution >= 4 is 22.4 Å². The highest BCUT2D eigenvalue weighted by Crippen LogP contribution is 2.33.